The van der Waals surface area contributed by atoms with Gasteiger partial charge in [-0.1, -0.05) is 6.42 Å². The van der Waals surface area contributed by atoms with E-state index in [-0.39, 0.29) is 23.8 Å². The summed E-state index contributed by atoms with van der Waals surface area (Å²) in [6.07, 6.45) is 2.91. The number of hydrogen-bond acceptors (Lipinski definition) is 4. The molecule has 5 nitrogen and oxygen atoms in total. The van der Waals surface area contributed by atoms with Crippen molar-refractivity contribution in [3.05, 3.63) is 22.4 Å². The maximum Gasteiger partial charge on any atom is 0.254 e. The van der Waals surface area contributed by atoms with Crippen molar-refractivity contribution in [2.75, 3.05) is 26.2 Å². The Labute approximate surface area is 128 Å². The van der Waals surface area contributed by atoms with E-state index in [4.69, 9.17) is 5.73 Å². The molecule has 1 aliphatic carbocycles. The third-order valence-electron chi connectivity index (χ3n) is 4.53. The van der Waals surface area contributed by atoms with Crippen LogP contribution in [0.5, 0.6) is 0 Å². The molecule has 2 aliphatic rings. The zero-order valence-corrected chi connectivity index (χ0v) is 12.8. The van der Waals surface area contributed by atoms with E-state index in [2.05, 4.69) is 0 Å². The first-order chi connectivity index (χ1) is 10.2. The summed E-state index contributed by atoms with van der Waals surface area (Å²) in [6, 6.07) is 1.87. The highest BCUT2D eigenvalue weighted by Gasteiger charge is 2.35. The number of amides is 2. The molecule has 0 aromatic carbocycles. The fraction of sp³-hybridized carbons (Fsp3) is 0.600. The van der Waals surface area contributed by atoms with Crippen LogP contribution in [0.2, 0.25) is 0 Å². The smallest absolute Gasteiger partial charge is 0.254 e. The first kappa shape index (κ1) is 14.5. The number of carbonyl (C=O) groups excluding carboxylic acids is 2. The number of carbonyl (C=O) groups is 2. The van der Waals surface area contributed by atoms with Crippen LogP contribution in [-0.2, 0) is 4.79 Å². The molecule has 2 heterocycles. The van der Waals surface area contributed by atoms with Gasteiger partial charge >= 0.3 is 0 Å². The van der Waals surface area contributed by atoms with Crippen molar-refractivity contribution < 1.29 is 9.59 Å². The first-order valence-corrected chi connectivity index (χ1v) is 8.47. The molecule has 2 N–H and O–H groups in total. The molecule has 114 valence electrons. The Kier molecular flexibility index (Phi) is 4.26. The van der Waals surface area contributed by atoms with Gasteiger partial charge in [-0.3, -0.25) is 9.59 Å². The number of hydrogen-bond donors (Lipinski definition) is 1. The van der Waals surface area contributed by atoms with Crippen molar-refractivity contribution in [2.24, 2.45) is 11.7 Å². The SMILES string of the molecule is NC1CCCC1C(=O)N1CCN(C(=O)c2ccsc2)CC1. The van der Waals surface area contributed by atoms with Gasteiger partial charge in [0.25, 0.3) is 5.91 Å². The third kappa shape index (κ3) is 2.96. The van der Waals surface area contributed by atoms with Gasteiger partial charge in [-0.05, 0) is 24.3 Å². The first-order valence-electron chi connectivity index (χ1n) is 7.52. The lowest BCUT2D eigenvalue weighted by molar-refractivity contribution is -0.137. The summed E-state index contributed by atoms with van der Waals surface area (Å²) in [7, 11) is 0. The van der Waals surface area contributed by atoms with Crippen LogP contribution in [0.4, 0.5) is 0 Å². The largest absolute Gasteiger partial charge is 0.339 e. The van der Waals surface area contributed by atoms with E-state index in [0.717, 1.165) is 24.8 Å². The Bertz CT molecular complexity index is 509. The van der Waals surface area contributed by atoms with Crippen LogP contribution in [0.25, 0.3) is 0 Å². The maximum absolute atomic E-state index is 12.5. The lowest BCUT2D eigenvalue weighted by Gasteiger charge is -2.36. The summed E-state index contributed by atoms with van der Waals surface area (Å²) in [5, 5.41) is 3.78. The van der Waals surface area contributed by atoms with E-state index in [9.17, 15) is 9.59 Å². The van der Waals surface area contributed by atoms with Crippen LogP contribution in [0, 0.1) is 5.92 Å². The standard InChI is InChI=1S/C15H21N3O2S/c16-13-3-1-2-12(13)15(20)18-7-5-17(6-8-18)14(19)11-4-9-21-10-11/h4,9-10,12-13H,1-3,5-8,16H2. The zero-order valence-electron chi connectivity index (χ0n) is 12.0. The van der Waals surface area contributed by atoms with Crippen LogP contribution in [-0.4, -0.2) is 53.8 Å². The number of thiophene rings is 1. The highest BCUT2D eigenvalue weighted by atomic mass is 32.1. The second-order valence-corrected chi connectivity index (χ2v) is 6.61. The van der Waals surface area contributed by atoms with E-state index in [1.807, 2.05) is 26.6 Å². The molecule has 0 spiro atoms. The van der Waals surface area contributed by atoms with Crippen molar-refractivity contribution in [3.63, 3.8) is 0 Å². The molecule has 21 heavy (non-hydrogen) atoms. The minimum absolute atomic E-state index is 0.0101. The van der Waals surface area contributed by atoms with E-state index in [0.29, 0.717) is 26.2 Å². The second kappa shape index (κ2) is 6.15. The number of nitrogens with two attached hydrogens (primary N) is 1. The summed E-state index contributed by atoms with van der Waals surface area (Å²) in [6.45, 7) is 2.47. The van der Waals surface area contributed by atoms with Gasteiger partial charge in [0.1, 0.15) is 0 Å². The molecule has 2 unspecified atom stereocenters. The summed E-state index contributed by atoms with van der Waals surface area (Å²) in [5.74, 6) is 0.243. The molecule has 1 aromatic heterocycles. The predicted octanol–water partition coefficient (Wildman–Crippen LogP) is 1.16. The van der Waals surface area contributed by atoms with Gasteiger partial charge in [-0.2, -0.15) is 11.3 Å². The van der Waals surface area contributed by atoms with Crippen molar-refractivity contribution in [3.8, 4) is 0 Å². The molecule has 3 rings (SSSR count). The summed E-state index contributed by atoms with van der Waals surface area (Å²) < 4.78 is 0. The van der Waals surface area contributed by atoms with Gasteiger partial charge in [-0.25, -0.2) is 0 Å². The summed E-state index contributed by atoms with van der Waals surface area (Å²) in [4.78, 5) is 28.4. The Morgan fingerprint density at radius 3 is 2.43 bits per heavy atom. The Balaban J connectivity index is 1.55. The highest BCUT2D eigenvalue weighted by Crippen LogP contribution is 2.26. The molecular formula is C15H21N3O2S. The van der Waals surface area contributed by atoms with Crippen molar-refractivity contribution >= 4 is 23.2 Å². The maximum atomic E-state index is 12.5. The van der Waals surface area contributed by atoms with Crippen molar-refractivity contribution in [1.82, 2.24) is 9.80 Å². The normalized spacial score (nSPS) is 26.1. The Morgan fingerprint density at radius 2 is 1.86 bits per heavy atom. The highest BCUT2D eigenvalue weighted by molar-refractivity contribution is 7.08. The van der Waals surface area contributed by atoms with Gasteiger partial charge in [0, 0.05) is 37.6 Å². The molecule has 1 aromatic rings. The quantitative estimate of drug-likeness (QED) is 0.891. The molecule has 6 heteroatoms. The Morgan fingerprint density at radius 1 is 1.14 bits per heavy atom. The van der Waals surface area contributed by atoms with Gasteiger partial charge in [0.15, 0.2) is 0 Å². The van der Waals surface area contributed by atoms with Crippen LogP contribution in [0.15, 0.2) is 16.8 Å². The lowest BCUT2D eigenvalue weighted by Crippen LogP contribution is -2.53. The number of rotatable bonds is 2. The van der Waals surface area contributed by atoms with Gasteiger partial charge < -0.3 is 15.5 Å². The fourth-order valence-electron chi connectivity index (χ4n) is 3.23. The predicted molar refractivity (Wildman–Crippen MR) is 82.1 cm³/mol. The van der Waals surface area contributed by atoms with Crippen LogP contribution >= 0.6 is 11.3 Å². The van der Waals surface area contributed by atoms with Gasteiger partial charge in [0.2, 0.25) is 5.91 Å². The minimum atomic E-state index is -0.0101. The molecule has 2 amide bonds. The van der Waals surface area contributed by atoms with E-state index in [1.165, 1.54) is 11.3 Å². The molecule has 0 bridgehead atoms. The summed E-state index contributed by atoms with van der Waals surface area (Å²) in [5.41, 5.74) is 6.76. The molecule has 1 aliphatic heterocycles. The number of piperazine rings is 1. The monoisotopic (exact) mass is 307 g/mol. The van der Waals surface area contributed by atoms with Gasteiger partial charge in [0.05, 0.1) is 11.5 Å². The molecule has 0 radical (unpaired) electrons. The summed E-state index contributed by atoms with van der Waals surface area (Å²) >= 11 is 1.53. The average Bonchev–Trinajstić information content (AvgIpc) is 3.17. The number of nitrogens with zero attached hydrogens (tertiary/aromatic N) is 2. The molecule has 1 saturated heterocycles. The Hall–Kier alpha value is -1.40. The van der Waals surface area contributed by atoms with E-state index in [1.54, 1.807) is 0 Å². The van der Waals surface area contributed by atoms with Crippen LogP contribution in [0.3, 0.4) is 0 Å². The minimum Gasteiger partial charge on any atom is -0.339 e. The lowest BCUT2D eigenvalue weighted by atomic mass is 10.0. The van der Waals surface area contributed by atoms with Gasteiger partial charge in [-0.15, -0.1) is 0 Å². The topological polar surface area (TPSA) is 66.6 Å². The van der Waals surface area contributed by atoms with Crippen LogP contribution < -0.4 is 5.73 Å². The van der Waals surface area contributed by atoms with E-state index < -0.39 is 0 Å². The molecule has 2 fully saturated rings. The molecular weight excluding hydrogens is 286 g/mol. The van der Waals surface area contributed by atoms with Crippen molar-refractivity contribution in [1.29, 1.82) is 0 Å². The average molecular weight is 307 g/mol. The van der Waals surface area contributed by atoms with Crippen LogP contribution in [0.1, 0.15) is 29.6 Å². The molecule has 2 atom stereocenters. The molecule has 1 saturated carbocycles. The zero-order chi connectivity index (χ0) is 14.8. The van der Waals surface area contributed by atoms with Crippen molar-refractivity contribution in [2.45, 2.75) is 25.3 Å². The second-order valence-electron chi connectivity index (χ2n) is 5.83. The third-order valence-corrected chi connectivity index (χ3v) is 5.22. The van der Waals surface area contributed by atoms with E-state index >= 15 is 0 Å². The fourth-order valence-corrected chi connectivity index (χ4v) is 3.86.